The zero-order valence-corrected chi connectivity index (χ0v) is 26.1. The van der Waals surface area contributed by atoms with Gasteiger partial charge in [0, 0.05) is 61.9 Å². The molecule has 2 N–H and O–H groups in total. The molecule has 1 heterocycles. The fourth-order valence-corrected chi connectivity index (χ4v) is 5.41. The van der Waals surface area contributed by atoms with Crippen LogP contribution in [0.1, 0.15) is 26.4 Å². The van der Waals surface area contributed by atoms with Crippen LogP contribution in [0.25, 0.3) is 22.0 Å². The number of aromatic nitrogens is 1. The Morgan fingerprint density at radius 1 is 0.952 bits per heavy atom. The second kappa shape index (κ2) is 12.6. The molecule has 0 saturated heterocycles. The van der Waals surface area contributed by atoms with E-state index in [4.69, 9.17) is 39.5 Å². The first-order valence-electron chi connectivity index (χ1n) is 12.5. The third kappa shape index (κ3) is 6.32. The topological polar surface area (TPSA) is 86.8 Å². The number of rotatable bonds is 7. The summed E-state index contributed by atoms with van der Waals surface area (Å²) >= 11 is 22.1. The Morgan fingerprint density at radius 3 is 2.48 bits per heavy atom. The maximum absolute atomic E-state index is 13.5. The molecule has 0 aliphatic carbocycles. The van der Waals surface area contributed by atoms with Crippen molar-refractivity contribution in [1.82, 2.24) is 10.4 Å². The number of fused-ring (bicyclic) bond motifs is 1. The molecule has 0 atom stereocenters. The van der Waals surface area contributed by atoms with E-state index >= 15 is 0 Å². The van der Waals surface area contributed by atoms with Crippen LogP contribution in [0.4, 0.5) is 5.69 Å². The number of carbonyl (C=O) groups is 2. The zero-order valence-electron chi connectivity index (χ0n) is 22.2. The second-order valence-electron chi connectivity index (χ2n) is 9.37. The van der Waals surface area contributed by atoms with Gasteiger partial charge in [-0.15, -0.1) is 0 Å². The van der Waals surface area contributed by atoms with E-state index in [1.807, 2.05) is 55.4 Å². The minimum absolute atomic E-state index is 0.156. The van der Waals surface area contributed by atoms with Crippen molar-refractivity contribution in [2.24, 2.45) is 5.10 Å². The molecule has 0 fully saturated rings. The summed E-state index contributed by atoms with van der Waals surface area (Å²) in [4.78, 5) is 31.5. The number of benzene rings is 4. The highest BCUT2D eigenvalue weighted by Crippen LogP contribution is 2.38. The van der Waals surface area contributed by atoms with Gasteiger partial charge in [-0.3, -0.25) is 4.79 Å². The Kier molecular flexibility index (Phi) is 8.89. The number of ether oxygens (including phenoxy) is 1. The molecule has 5 aromatic rings. The first-order chi connectivity index (χ1) is 20.1. The maximum atomic E-state index is 13.5. The highest BCUT2D eigenvalue weighted by Gasteiger charge is 2.21. The molecule has 4 aromatic carbocycles. The van der Waals surface area contributed by atoms with Gasteiger partial charge in [0.2, 0.25) is 0 Å². The van der Waals surface area contributed by atoms with Gasteiger partial charge in [0.05, 0.1) is 16.8 Å². The van der Waals surface area contributed by atoms with E-state index in [2.05, 4.69) is 31.4 Å². The standard InChI is InChI=1S/C31H22BrCl3N4O3/c1-39(2)20-9-11-26-23(15-20)28(21-5-3-4-6-24(21)34)29(37-26)30(40)38-36-16-17-13-18(32)7-12-27(17)42-31(41)22-10-8-19(33)14-25(22)35/h3-16,37H,1-2H3,(H,38,40). The van der Waals surface area contributed by atoms with Gasteiger partial charge < -0.3 is 14.6 Å². The van der Waals surface area contributed by atoms with Crippen molar-refractivity contribution in [1.29, 1.82) is 0 Å². The molecule has 1 amide bonds. The zero-order chi connectivity index (χ0) is 30.0. The number of aromatic amines is 1. The quantitative estimate of drug-likeness (QED) is 0.0778. The lowest BCUT2D eigenvalue weighted by molar-refractivity contribution is 0.0734. The number of H-pyrrole nitrogens is 1. The van der Waals surface area contributed by atoms with Crippen LogP contribution < -0.4 is 15.1 Å². The summed E-state index contributed by atoms with van der Waals surface area (Å²) in [5, 5.41) is 6.07. The van der Waals surface area contributed by atoms with E-state index in [1.54, 1.807) is 30.3 Å². The summed E-state index contributed by atoms with van der Waals surface area (Å²) in [6.45, 7) is 0. The molecule has 0 radical (unpaired) electrons. The Balaban J connectivity index is 1.45. The third-order valence-electron chi connectivity index (χ3n) is 6.36. The molecule has 0 aliphatic heterocycles. The van der Waals surface area contributed by atoms with Crippen LogP contribution in [0.3, 0.4) is 0 Å². The molecule has 5 rings (SSSR count). The van der Waals surface area contributed by atoms with Crippen molar-refractivity contribution in [3.05, 3.63) is 115 Å². The predicted molar refractivity (Wildman–Crippen MR) is 174 cm³/mol. The average Bonchev–Trinajstić information content (AvgIpc) is 3.33. The number of carbonyl (C=O) groups excluding carboxylic acids is 2. The molecule has 42 heavy (non-hydrogen) atoms. The van der Waals surface area contributed by atoms with Crippen molar-refractivity contribution in [3.8, 4) is 16.9 Å². The molecule has 1 aromatic heterocycles. The van der Waals surface area contributed by atoms with E-state index in [1.165, 1.54) is 18.3 Å². The number of nitrogens with one attached hydrogen (secondary N) is 2. The molecule has 0 unspecified atom stereocenters. The molecule has 0 saturated carbocycles. The largest absolute Gasteiger partial charge is 0.422 e. The highest BCUT2D eigenvalue weighted by atomic mass is 79.9. The maximum Gasteiger partial charge on any atom is 0.345 e. The molecule has 212 valence electrons. The summed E-state index contributed by atoms with van der Waals surface area (Å²) in [6, 6.07) is 22.7. The van der Waals surface area contributed by atoms with Gasteiger partial charge in [0.25, 0.3) is 5.91 Å². The molecular weight excluding hydrogens is 663 g/mol. The molecule has 7 nitrogen and oxygen atoms in total. The summed E-state index contributed by atoms with van der Waals surface area (Å²) in [7, 11) is 3.89. The van der Waals surface area contributed by atoms with E-state index in [9.17, 15) is 9.59 Å². The average molecular weight is 685 g/mol. The predicted octanol–water partition coefficient (Wildman–Crippen LogP) is 8.61. The van der Waals surface area contributed by atoms with E-state index in [0.29, 0.717) is 36.9 Å². The first-order valence-corrected chi connectivity index (χ1v) is 14.4. The first kappa shape index (κ1) is 29.7. The Labute approximate surface area is 265 Å². The van der Waals surface area contributed by atoms with Gasteiger partial charge >= 0.3 is 5.97 Å². The molecule has 0 spiro atoms. The molecular formula is C31H22BrCl3N4O3. The number of hydrogen-bond acceptors (Lipinski definition) is 5. The normalized spacial score (nSPS) is 11.2. The Morgan fingerprint density at radius 2 is 1.74 bits per heavy atom. The van der Waals surface area contributed by atoms with E-state index in [-0.39, 0.29) is 16.3 Å². The number of halogens is 4. The summed E-state index contributed by atoms with van der Waals surface area (Å²) < 4.78 is 6.31. The minimum atomic E-state index is -0.669. The summed E-state index contributed by atoms with van der Waals surface area (Å²) in [6.07, 6.45) is 1.39. The number of hydrazone groups is 1. The number of nitrogens with zero attached hydrogens (tertiary/aromatic N) is 2. The summed E-state index contributed by atoms with van der Waals surface area (Å²) in [5.74, 6) is -0.937. The van der Waals surface area contributed by atoms with Gasteiger partial charge in [-0.05, 0) is 60.7 Å². The number of amides is 1. The van der Waals surface area contributed by atoms with E-state index < -0.39 is 11.9 Å². The fraction of sp³-hybridized carbons (Fsp3) is 0.0645. The second-order valence-corrected chi connectivity index (χ2v) is 11.5. The van der Waals surface area contributed by atoms with Crippen LogP contribution >= 0.6 is 50.7 Å². The van der Waals surface area contributed by atoms with Crippen LogP contribution in [0.2, 0.25) is 15.1 Å². The van der Waals surface area contributed by atoms with Crippen molar-refractivity contribution in [2.45, 2.75) is 0 Å². The van der Waals surface area contributed by atoms with Crippen LogP contribution in [0, 0.1) is 0 Å². The van der Waals surface area contributed by atoms with Crippen molar-refractivity contribution in [3.63, 3.8) is 0 Å². The number of esters is 1. The summed E-state index contributed by atoms with van der Waals surface area (Å²) in [5.41, 5.74) is 6.56. The number of anilines is 1. The van der Waals surface area contributed by atoms with Crippen LogP contribution in [0.5, 0.6) is 5.75 Å². The van der Waals surface area contributed by atoms with Gasteiger partial charge in [-0.2, -0.15) is 5.10 Å². The molecule has 0 aliphatic rings. The Hall–Kier alpha value is -3.82. The minimum Gasteiger partial charge on any atom is -0.422 e. The lowest BCUT2D eigenvalue weighted by Crippen LogP contribution is -2.19. The van der Waals surface area contributed by atoms with Gasteiger partial charge in [0.15, 0.2) is 0 Å². The van der Waals surface area contributed by atoms with Gasteiger partial charge in [0.1, 0.15) is 11.4 Å². The van der Waals surface area contributed by atoms with Crippen molar-refractivity contribution >= 4 is 85.4 Å². The number of hydrogen-bond donors (Lipinski definition) is 2. The van der Waals surface area contributed by atoms with Crippen LogP contribution in [-0.4, -0.2) is 37.2 Å². The van der Waals surface area contributed by atoms with Crippen LogP contribution in [-0.2, 0) is 0 Å². The molecule has 11 heteroatoms. The third-order valence-corrected chi connectivity index (χ3v) is 7.73. The highest BCUT2D eigenvalue weighted by molar-refractivity contribution is 9.10. The SMILES string of the molecule is CN(C)c1ccc2[nH]c(C(=O)NN=Cc3cc(Br)ccc3OC(=O)c3ccc(Cl)cc3Cl)c(-c3ccccc3Cl)c2c1. The Bertz CT molecular complexity index is 1870. The molecule has 0 bridgehead atoms. The lowest BCUT2D eigenvalue weighted by atomic mass is 10.0. The monoisotopic (exact) mass is 682 g/mol. The lowest BCUT2D eigenvalue weighted by Gasteiger charge is -2.13. The smallest absolute Gasteiger partial charge is 0.345 e. The van der Waals surface area contributed by atoms with E-state index in [0.717, 1.165) is 16.6 Å². The van der Waals surface area contributed by atoms with Crippen molar-refractivity contribution < 1.29 is 14.3 Å². The van der Waals surface area contributed by atoms with Crippen molar-refractivity contribution in [2.75, 3.05) is 19.0 Å². The van der Waals surface area contributed by atoms with Gasteiger partial charge in [-0.1, -0.05) is 68.9 Å². The fourth-order valence-electron chi connectivity index (χ4n) is 4.31. The van der Waals surface area contributed by atoms with Gasteiger partial charge in [-0.25, -0.2) is 10.2 Å². The van der Waals surface area contributed by atoms with Crippen LogP contribution in [0.15, 0.2) is 88.4 Å².